The zero-order valence-electron chi connectivity index (χ0n) is 5.13. The van der Waals surface area contributed by atoms with E-state index in [1.165, 1.54) is 0 Å². The van der Waals surface area contributed by atoms with E-state index in [9.17, 15) is 4.79 Å². The highest BCUT2D eigenvalue weighted by Gasteiger charge is 2.25. The Hall–Kier alpha value is -0.220. The van der Waals surface area contributed by atoms with Crippen molar-refractivity contribution in [1.29, 1.82) is 0 Å². The molecule has 1 aliphatic heterocycles. The molecule has 0 saturated carbocycles. The Morgan fingerprint density at radius 1 is 1.89 bits per heavy atom. The van der Waals surface area contributed by atoms with E-state index >= 15 is 0 Å². The summed E-state index contributed by atoms with van der Waals surface area (Å²) in [4.78, 5) is 10.3. The van der Waals surface area contributed by atoms with Crippen molar-refractivity contribution in [2.75, 3.05) is 5.75 Å². The van der Waals surface area contributed by atoms with Gasteiger partial charge in [0, 0.05) is 5.75 Å². The minimum Gasteiger partial charge on any atom is -0.480 e. The van der Waals surface area contributed by atoms with Crippen LogP contribution in [0.25, 0.3) is 0 Å². The minimum absolute atomic E-state index is 0.297. The highest BCUT2D eigenvalue weighted by Crippen LogP contribution is 2.17. The molecule has 0 radical (unpaired) electrons. The van der Waals surface area contributed by atoms with Gasteiger partial charge in [0.05, 0.1) is 5.37 Å². The molecule has 0 aromatic carbocycles. The maximum absolute atomic E-state index is 10.3. The van der Waals surface area contributed by atoms with E-state index in [-0.39, 0.29) is 6.04 Å². The van der Waals surface area contributed by atoms with Crippen LogP contribution >= 0.6 is 11.8 Å². The van der Waals surface area contributed by atoms with Gasteiger partial charge in [-0.25, -0.2) is 0 Å². The lowest BCUT2D eigenvalue weighted by Crippen LogP contribution is -2.35. The Morgan fingerprint density at radius 3 is 2.78 bits per heavy atom. The smallest absolute Gasteiger partial charge is 0.321 e. The van der Waals surface area contributed by atoms with E-state index in [2.05, 4.69) is 5.32 Å². The van der Waals surface area contributed by atoms with Crippen LogP contribution in [0.2, 0.25) is 0 Å². The fraction of sp³-hybridized carbons (Fsp3) is 0.800. The van der Waals surface area contributed by atoms with E-state index < -0.39 is 5.97 Å². The highest BCUT2D eigenvalue weighted by molar-refractivity contribution is 8.00. The number of carbonyl (C=O) groups is 1. The molecule has 3 nitrogen and oxygen atoms in total. The van der Waals surface area contributed by atoms with Crippen molar-refractivity contribution in [3.05, 3.63) is 0 Å². The molecule has 52 valence electrons. The maximum atomic E-state index is 10.3. The first-order chi connectivity index (χ1) is 4.20. The number of aliphatic carboxylic acids is 1. The van der Waals surface area contributed by atoms with Gasteiger partial charge in [-0.05, 0) is 6.92 Å². The molecule has 9 heavy (non-hydrogen) atoms. The van der Waals surface area contributed by atoms with Gasteiger partial charge in [0.1, 0.15) is 6.04 Å². The highest BCUT2D eigenvalue weighted by atomic mass is 32.2. The molecule has 1 saturated heterocycles. The molecule has 0 amide bonds. The second-order valence-corrected chi connectivity index (χ2v) is 3.41. The normalized spacial score (nSPS) is 34.8. The fourth-order valence-corrected chi connectivity index (χ4v) is 1.74. The van der Waals surface area contributed by atoms with Crippen LogP contribution in [-0.4, -0.2) is 28.2 Å². The summed E-state index contributed by atoms with van der Waals surface area (Å²) in [7, 11) is 0. The quantitative estimate of drug-likeness (QED) is 0.553. The van der Waals surface area contributed by atoms with E-state index in [1.54, 1.807) is 11.8 Å². The number of carboxylic acid groups (broad SMARTS) is 1. The average Bonchev–Trinajstić information content (AvgIpc) is 2.14. The number of carboxylic acids is 1. The molecule has 1 fully saturated rings. The van der Waals surface area contributed by atoms with Crippen LogP contribution in [0.15, 0.2) is 0 Å². The van der Waals surface area contributed by atoms with E-state index in [4.69, 9.17) is 5.11 Å². The lowest BCUT2D eigenvalue weighted by molar-refractivity contribution is -0.138. The predicted molar refractivity (Wildman–Crippen MR) is 36.5 cm³/mol. The molecule has 1 unspecified atom stereocenters. The van der Waals surface area contributed by atoms with Crippen molar-refractivity contribution in [2.45, 2.75) is 18.3 Å². The molecule has 0 spiro atoms. The van der Waals surface area contributed by atoms with Crippen molar-refractivity contribution in [1.82, 2.24) is 5.32 Å². The minimum atomic E-state index is -0.744. The summed E-state index contributed by atoms with van der Waals surface area (Å²) >= 11 is 1.64. The fourth-order valence-electron chi connectivity index (χ4n) is 0.763. The van der Waals surface area contributed by atoms with Crippen molar-refractivity contribution < 1.29 is 9.90 Å². The Morgan fingerprint density at radius 2 is 2.56 bits per heavy atom. The van der Waals surface area contributed by atoms with Crippen LogP contribution in [0.1, 0.15) is 6.92 Å². The summed E-state index contributed by atoms with van der Waals surface area (Å²) < 4.78 is 0. The summed E-state index contributed by atoms with van der Waals surface area (Å²) in [5, 5.41) is 11.7. The molecule has 0 aliphatic carbocycles. The topological polar surface area (TPSA) is 49.3 Å². The van der Waals surface area contributed by atoms with Crippen LogP contribution in [-0.2, 0) is 4.79 Å². The van der Waals surface area contributed by atoms with Crippen LogP contribution in [0.4, 0.5) is 0 Å². The molecule has 4 heteroatoms. The maximum Gasteiger partial charge on any atom is 0.321 e. The number of rotatable bonds is 1. The van der Waals surface area contributed by atoms with E-state index in [0.29, 0.717) is 11.1 Å². The van der Waals surface area contributed by atoms with Crippen LogP contribution in [0.3, 0.4) is 0 Å². The lowest BCUT2D eigenvalue weighted by atomic mass is 10.3. The molecule has 1 rings (SSSR count). The Labute approximate surface area is 57.8 Å². The van der Waals surface area contributed by atoms with Gasteiger partial charge in [0.25, 0.3) is 0 Å². The summed E-state index contributed by atoms with van der Waals surface area (Å²) in [6.45, 7) is 1.97. The second kappa shape index (κ2) is 2.58. The van der Waals surface area contributed by atoms with Crippen LogP contribution in [0.5, 0.6) is 0 Å². The zero-order chi connectivity index (χ0) is 6.85. The zero-order valence-corrected chi connectivity index (χ0v) is 5.94. The molecule has 0 aromatic heterocycles. The molecule has 2 atom stereocenters. The van der Waals surface area contributed by atoms with Gasteiger partial charge >= 0.3 is 5.97 Å². The summed E-state index contributed by atoms with van der Waals surface area (Å²) in [6.07, 6.45) is 0. The first-order valence-corrected chi connectivity index (χ1v) is 3.85. The van der Waals surface area contributed by atoms with Gasteiger partial charge < -0.3 is 5.11 Å². The largest absolute Gasteiger partial charge is 0.480 e. The number of hydrogen-bond donors (Lipinski definition) is 2. The van der Waals surface area contributed by atoms with E-state index in [1.807, 2.05) is 6.92 Å². The van der Waals surface area contributed by atoms with Gasteiger partial charge in [-0.15, -0.1) is 11.8 Å². The van der Waals surface area contributed by atoms with Crippen LogP contribution in [0, 0.1) is 0 Å². The van der Waals surface area contributed by atoms with Gasteiger partial charge in [-0.1, -0.05) is 0 Å². The van der Waals surface area contributed by atoms with Crippen molar-refractivity contribution in [3.8, 4) is 0 Å². The average molecular weight is 147 g/mol. The lowest BCUT2D eigenvalue weighted by Gasteiger charge is -2.02. The third-order valence-electron chi connectivity index (χ3n) is 1.25. The third kappa shape index (κ3) is 1.59. The van der Waals surface area contributed by atoms with Gasteiger partial charge in [0.15, 0.2) is 0 Å². The molecule has 2 N–H and O–H groups in total. The summed E-state index contributed by atoms with van der Waals surface area (Å²) in [5.41, 5.74) is 0. The first kappa shape index (κ1) is 6.89. The van der Waals surface area contributed by atoms with Gasteiger partial charge in [-0.3, -0.25) is 10.1 Å². The van der Waals surface area contributed by atoms with Gasteiger partial charge in [-0.2, -0.15) is 0 Å². The number of hydrogen-bond acceptors (Lipinski definition) is 3. The van der Waals surface area contributed by atoms with Crippen molar-refractivity contribution in [2.24, 2.45) is 0 Å². The molecular weight excluding hydrogens is 138 g/mol. The molecule has 1 heterocycles. The Balaban J connectivity index is 2.39. The molecular formula is C5H9NO2S. The SMILES string of the molecule is CC1N[C@H](C(=O)O)CS1. The Kier molecular flexibility index (Phi) is 1.97. The monoisotopic (exact) mass is 147 g/mol. The summed E-state index contributed by atoms with van der Waals surface area (Å²) in [5.74, 6) is -0.0527. The number of thioether (sulfide) groups is 1. The standard InChI is InChI=1S/C5H9NO2S/c1-3-6-4(2-9-3)5(7)8/h3-4,6H,2H2,1H3,(H,7,8)/t3?,4-/m0/s1. The number of nitrogens with one attached hydrogen (secondary N) is 1. The summed E-state index contributed by atoms with van der Waals surface area (Å²) in [6, 6.07) is -0.329. The third-order valence-corrected chi connectivity index (χ3v) is 2.41. The van der Waals surface area contributed by atoms with Crippen molar-refractivity contribution in [3.63, 3.8) is 0 Å². The Bertz CT molecular complexity index is 128. The molecule has 0 aromatic rings. The van der Waals surface area contributed by atoms with Crippen molar-refractivity contribution >= 4 is 17.7 Å². The predicted octanol–water partition coefficient (Wildman–Crippen LogP) is 0.122. The van der Waals surface area contributed by atoms with E-state index in [0.717, 1.165) is 0 Å². The second-order valence-electron chi connectivity index (χ2n) is 2.03. The first-order valence-electron chi connectivity index (χ1n) is 2.80. The molecule has 0 bridgehead atoms. The molecule has 1 aliphatic rings. The van der Waals surface area contributed by atoms with Gasteiger partial charge in [0.2, 0.25) is 0 Å². The van der Waals surface area contributed by atoms with Crippen LogP contribution < -0.4 is 5.32 Å².